The Morgan fingerprint density at radius 2 is 2.09 bits per heavy atom. The predicted octanol–water partition coefficient (Wildman–Crippen LogP) is 3.08. The Hall–Kier alpha value is -1.76. The first-order valence-electron chi connectivity index (χ1n) is 7.38. The van der Waals surface area contributed by atoms with Gasteiger partial charge in [-0.3, -0.25) is 9.58 Å². The average Bonchev–Trinajstić information content (AvgIpc) is 3.09. The molecule has 120 valence electrons. The normalized spacial score (nSPS) is 20.5. The van der Waals surface area contributed by atoms with Crippen LogP contribution < -0.4 is 0 Å². The average molecular weight is 312 g/mol. The smallest absolute Gasteiger partial charge is 0.353 e. The van der Waals surface area contributed by atoms with Crippen LogP contribution >= 0.6 is 0 Å². The largest absolute Gasteiger partial charge is 0.435 e. The highest BCUT2D eigenvalue weighted by molar-refractivity contribution is 5.07. The first-order valence-corrected chi connectivity index (χ1v) is 7.38. The van der Waals surface area contributed by atoms with E-state index < -0.39 is 11.9 Å². The molecule has 1 atom stereocenters. The minimum atomic E-state index is -4.37. The molecule has 3 heterocycles. The van der Waals surface area contributed by atoms with Crippen molar-refractivity contribution in [2.45, 2.75) is 31.6 Å². The molecular weight excluding hydrogens is 293 g/mol. The molecule has 0 amide bonds. The Morgan fingerprint density at radius 3 is 2.73 bits per heavy atom. The topological polar surface area (TPSA) is 26.0 Å². The molecule has 1 aliphatic rings. The van der Waals surface area contributed by atoms with E-state index in [2.05, 4.69) is 20.6 Å². The number of nitrogens with zero attached hydrogens (tertiary/aromatic N) is 4. The highest BCUT2D eigenvalue weighted by Crippen LogP contribution is 2.29. The van der Waals surface area contributed by atoms with E-state index in [1.807, 2.05) is 19.3 Å². The van der Waals surface area contributed by atoms with Crippen LogP contribution in [0.15, 0.2) is 30.6 Å². The number of hydrogen-bond acceptors (Lipinski definition) is 2. The van der Waals surface area contributed by atoms with Gasteiger partial charge in [-0.05, 0) is 37.6 Å². The van der Waals surface area contributed by atoms with Crippen molar-refractivity contribution in [2.75, 3.05) is 13.1 Å². The van der Waals surface area contributed by atoms with Gasteiger partial charge in [0.1, 0.15) is 0 Å². The molecule has 0 aliphatic carbocycles. The van der Waals surface area contributed by atoms with Gasteiger partial charge >= 0.3 is 6.18 Å². The third kappa shape index (κ3) is 3.19. The molecule has 1 saturated heterocycles. The lowest BCUT2D eigenvalue weighted by molar-refractivity contribution is -0.141. The molecule has 0 unspecified atom stereocenters. The second kappa shape index (κ2) is 5.79. The van der Waals surface area contributed by atoms with Crippen LogP contribution in [0, 0.1) is 0 Å². The minimum absolute atomic E-state index is 0.00474. The van der Waals surface area contributed by atoms with Crippen molar-refractivity contribution in [3.05, 3.63) is 42.0 Å². The molecule has 1 fully saturated rings. The lowest BCUT2D eigenvalue weighted by atomic mass is 10.1. The summed E-state index contributed by atoms with van der Waals surface area (Å²) in [4.78, 5) is 2.28. The van der Waals surface area contributed by atoms with Crippen molar-refractivity contribution in [2.24, 2.45) is 7.05 Å². The monoisotopic (exact) mass is 312 g/mol. The molecule has 0 radical (unpaired) electrons. The molecule has 4 nitrogen and oxygen atoms in total. The summed E-state index contributed by atoms with van der Waals surface area (Å²) < 4.78 is 41.5. The SMILES string of the molecule is Cn1cccc1CN1CCC[C@@H](n2ccc(C(F)(F)F)n2)C1. The molecule has 2 aromatic rings. The number of piperidine rings is 1. The van der Waals surface area contributed by atoms with E-state index in [4.69, 9.17) is 0 Å². The van der Waals surface area contributed by atoms with Gasteiger partial charge in [-0.15, -0.1) is 0 Å². The Balaban J connectivity index is 1.68. The quantitative estimate of drug-likeness (QED) is 0.870. The first-order chi connectivity index (χ1) is 10.4. The Bertz CT molecular complexity index is 629. The number of aryl methyl sites for hydroxylation is 1. The fourth-order valence-electron chi connectivity index (χ4n) is 2.97. The van der Waals surface area contributed by atoms with Gasteiger partial charge in [0.25, 0.3) is 0 Å². The van der Waals surface area contributed by atoms with Gasteiger partial charge < -0.3 is 4.57 Å². The summed E-state index contributed by atoms with van der Waals surface area (Å²) in [5, 5.41) is 3.71. The lowest BCUT2D eigenvalue weighted by Crippen LogP contribution is -2.36. The summed E-state index contributed by atoms with van der Waals surface area (Å²) in [5.74, 6) is 0. The van der Waals surface area contributed by atoms with Gasteiger partial charge in [0, 0.05) is 38.2 Å². The van der Waals surface area contributed by atoms with E-state index in [9.17, 15) is 13.2 Å². The van der Waals surface area contributed by atoms with Crippen LogP contribution in [0.3, 0.4) is 0 Å². The van der Waals surface area contributed by atoms with E-state index in [1.165, 1.54) is 16.6 Å². The molecule has 22 heavy (non-hydrogen) atoms. The van der Waals surface area contributed by atoms with E-state index >= 15 is 0 Å². The van der Waals surface area contributed by atoms with E-state index in [1.54, 1.807) is 0 Å². The van der Waals surface area contributed by atoms with Crippen LogP contribution in [0.2, 0.25) is 0 Å². The van der Waals surface area contributed by atoms with Crippen LogP contribution in [-0.2, 0) is 19.8 Å². The Morgan fingerprint density at radius 1 is 1.27 bits per heavy atom. The molecule has 0 aromatic carbocycles. The molecule has 0 N–H and O–H groups in total. The van der Waals surface area contributed by atoms with Crippen molar-refractivity contribution < 1.29 is 13.2 Å². The molecule has 0 saturated carbocycles. The number of aromatic nitrogens is 3. The number of rotatable bonds is 3. The molecule has 3 rings (SSSR count). The fourth-order valence-corrected chi connectivity index (χ4v) is 2.97. The molecule has 7 heteroatoms. The highest BCUT2D eigenvalue weighted by Gasteiger charge is 2.34. The van der Waals surface area contributed by atoms with Gasteiger partial charge in [-0.1, -0.05) is 0 Å². The maximum atomic E-state index is 12.7. The second-order valence-electron chi connectivity index (χ2n) is 5.82. The van der Waals surface area contributed by atoms with Crippen LogP contribution in [0.1, 0.15) is 30.3 Å². The number of alkyl halides is 3. The third-order valence-electron chi connectivity index (χ3n) is 4.19. The summed E-state index contributed by atoms with van der Waals surface area (Å²) in [6.07, 6.45) is 0.904. The Kier molecular flexibility index (Phi) is 3.99. The number of likely N-dealkylation sites (tertiary alicyclic amines) is 1. The van der Waals surface area contributed by atoms with Crippen LogP contribution in [0.4, 0.5) is 13.2 Å². The van der Waals surface area contributed by atoms with Crippen LogP contribution in [0.5, 0.6) is 0 Å². The van der Waals surface area contributed by atoms with Gasteiger partial charge in [0.05, 0.1) is 6.04 Å². The zero-order valence-corrected chi connectivity index (χ0v) is 12.4. The van der Waals surface area contributed by atoms with Crippen molar-refractivity contribution in [3.63, 3.8) is 0 Å². The number of hydrogen-bond donors (Lipinski definition) is 0. The standard InChI is InChI=1S/C15H19F3N4/c1-20-7-2-4-12(20)10-21-8-3-5-13(11-21)22-9-6-14(19-22)15(16,17)18/h2,4,6-7,9,13H,3,5,8,10-11H2,1H3/t13-/m1/s1. The van der Waals surface area contributed by atoms with Crippen LogP contribution in [-0.4, -0.2) is 32.3 Å². The second-order valence-corrected chi connectivity index (χ2v) is 5.82. The maximum Gasteiger partial charge on any atom is 0.435 e. The third-order valence-corrected chi connectivity index (χ3v) is 4.19. The molecular formula is C15H19F3N4. The summed E-state index contributed by atoms with van der Waals surface area (Å²) in [7, 11) is 2.00. The first kappa shape index (κ1) is 15.1. The van der Waals surface area contributed by atoms with Crippen molar-refractivity contribution >= 4 is 0 Å². The summed E-state index contributed by atoms with van der Waals surface area (Å²) in [5.41, 5.74) is 0.393. The molecule has 0 bridgehead atoms. The Labute approximate surface area is 127 Å². The zero-order chi connectivity index (χ0) is 15.7. The van der Waals surface area contributed by atoms with Gasteiger partial charge in [-0.2, -0.15) is 18.3 Å². The minimum Gasteiger partial charge on any atom is -0.353 e. The summed E-state index contributed by atoms with van der Waals surface area (Å²) in [6, 6.07) is 5.13. The van der Waals surface area contributed by atoms with Crippen LogP contribution in [0.25, 0.3) is 0 Å². The highest BCUT2D eigenvalue weighted by atomic mass is 19.4. The van der Waals surface area contributed by atoms with Gasteiger partial charge in [0.2, 0.25) is 0 Å². The molecule has 1 aliphatic heterocycles. The van der Waals surface area contributed by atoms with E-state index in [0.29, 0.717) is 0 Å². The fraction of sp³-hybridized carbons (Fsp3) is 0.533. The van der Waals surface area contributed by atoms with E-state index in [-0.39, 0.29) is 6.04 Å². The number of halogens is 3. The van der Waals surface area contributed by atoms with Gasteiger partial charge in [-0.25, -0.2) is 0 Å². The zero-order valence-electron chi connectivity index (χ0n) is 12.4. The van der Waals surface area contributed by atoms with Gasteiger partial charge in [0.15, 0.2) is 5.69 Å². The van der Waals surface area contributed by atoms with Crippen molar-refractivity contribution in [3.8, 4) is 0 Å². The predicted molar refractivity (Wildman–Crippen MR) is 76.2 cm³/mol. The molecule has 2 aromatic heterocycles. The van der Waals surface area contributed by atoms with E-state index in [0.717, 1.165) is 38.5 Å². The maximum absolute atomic E-state index is 12.7. The van der Waals surface area contributed by atoms with Crippen molar-refractivity contribution in [1.29, 1.82) is 0 Å². The van der Waals surface area contributed by atoms with Crippen molar-refractivity contribution in [1.82, 2.24) is 19.2 Å². The molecule has 0 spiro atoms. The lowest BCUT2D eigenvalue weighted by Gasteiger charge is -2.32. The summed E-state index contributed by atoms with van der Waals surface area (Å²) in [6.45, 7) is 2.51. The summed E-state index contributed by atoms with van der Waals surface area (Å²) >= 11 is 0.